The second-order valence-electron chi connectivity index (χ2n) is 6.76. The van der Waals surface area contributed by atoms with E-state index in [9.17, 15) is 9.59 Å². The second kappa shape index (κ2) is 6.37. The summed E-state index contributed by atoms with van der Waals surface area (Å²) in [7, 11) is 0. The predicted molar refractivity (Wildman–Crippen MR) is 95.9 cm³/mol. The maximum Gasteiger partial charge on any atom is 0.316 e. The lowest BCUT2D eigenvalue weighted by molar-refractivity contribution is -0.142. The Morgan fingerprint density at radius 3 is 2.56 bits per heavy atom. The van der Waals surface area contributed by atoms with Crippen LogP contribution in [0.4, 0.5) is 0 Å². The maximum absolute atomic E-state index is 12.5. The van der Waals surface area contributed by atoms with E-state index in [1.54, 1.807) is 57.2 Å². The average Bonchev–Trinajstić information content (AvgIpc) is 2.84. The molecule has 128 valence electrons. The highest BCUT2D eigenvalue weighted by molar-refractivity contribution is 6.32. The summed E-state index contributed by atoms with van der Waals surface area (Å²) in [5.74, 6) is 0.294. The Labute approximate surface area is 151 Å². The number of ether oxygens (including phenoxy) is 2. The summed E-state index contributed by atoms with van der Waals surface area (Å²) in [6, 6.07) is 11.9. The number of allylic oxidation sites excluding steroid dienone is 1. The molecule has 0 N–H and O–H groups in total. The first-order valence-corrected chi connectivity index (χ1v) is 8.18. The molecular formula is C20H17ClO4. The van der Waals surface area contributed by atoms with Gasteiger partial charge in [0.1, 0.15) is 11.5 Å². The topological polar surface area (TPSA) is 52.6 Å². The number of hydrogen-bond donors (Lipinski definition) is 0. The van der Waals surface area contributed by atoms with Gasteiger partial charge in [0.15, 0.2) is 5.76 Å². The van der Waals surface area contributed by atoms with E-state index in [2.05, 4.69) is 0 Å². The number of hydrogen-bond acceptors (Lipinski definition) is 4. The van der Waals surface area contributed by atoms with Crippen LogP contribution in [0.25, 0.3) is 6.08 Å². The predicted octanol–water partition coefficient (Wildman–Crippen LogP) is 4.91. The smallest absolute Gasteiger partial charge is 0.316 e. The van der Waals surface area contributed by atoms with Crippen LogP contribution in [-0.2, 0) is 4.79 Å². The van der Waals surface area contributed by atoms with Crippen LogP contribution in [0.3, 0.4) is 0 Å². The molecule has 0 atom stereocenters. The van der Waals surface area contributed by atoms with Gasteiger partial charge in [-0.05, 0) is 50.6 Å². The Morgan fingerprint density at radius 2 is 1.88 bits per heavy atom. The van der Waals surface area contributed by atoms with Gasteiger partial charge in [-0.25, -0.2) is 0 Å². The van der Waals surface area contributed by atoms with Gasteiger partial charge in [-0.1, -0.05) is 29.8 Å². The molecule has 0 unspecified atom stereocenters. The molecule has 0 amide bonds. The molecule has 0 saturated carbocycles. The van der Waals surface area contributed by atoms with Gasteiger partial charge in [-0.15, -0.1) is 0 Å². The van der Waals surface area contributed by atoms with Crippen molar-refractivity contribution in [3.8, 4) is 11.5 Å². The van der Waals surface area contributed by atoms with E-state index in [4.69, 9.17) is 21.1 Å². The Bertz CT molecular complexity index is 891. The molecule has 0 spiro atoms. The third-order valence-corrected chi connectivity index (χ3v) is 4.00. The molecule has 25 heavy (non-hydrogen) atoms. The SMILES string of the molecule is CC(C)(C)C(=O)Oc1ccc2c(c1)OC(=Cc1ccccc1Cl)C2=O. The zero-order valence-corrected chi connectivity index (χ0v) is 14.9. The van der Waals surface area contributed by atoms with Gasteiger partial charge >= 0.3 is 5.97 Å². The van der Waals surface area contributed by atoms with E-state index in [0.717, 1.165) is 0 Å². The molecule has 0 saturated heterocycles. The highest BCUT2D eigenvalue weighted by Gasteiger charge is 2.29. The molecule has 3 rings (SSSR count). The molecule has 0 fully saturated rings. The number of halogens is 1. The van der Waals surface area contributed by atoms with E-state index in [-0.39, 0.29) is 17.5 Å². The summed E-state index contributed by atoms with van der Waals surface area (Å²) in [6.45, 7) is 5.31. The first kappa shape index (κ1) is 17.2. The largest absolute Gasteiger partial charge is 0.452 e. The Hall–Kier alpha value is -2.59. The van der Waals surface area contributed by atoms with Gasteiger partial charge in [0, 0.05) is 11.1 Å². The van der Waals surface area contributed by atoms with Crippen LogP contribution < -0.4 is 9.47 Å². The third-order valence-electron chi connectivity index (χ3n) is 3.66. The number of esters is 1. The normalized spacial score (nSPS) is 15.0. The summed E-state index contributed by atoms with van der Waals surface area (Å²) in [5, 5.41) is 0.530. The number of benzene rings is 2. The minimum atomic E-state index is -0.620. The monoisotopic (exact) mass is 356 g/mol. The van der Waals surface area contributed by atoms with Crippen LogP contribution in [-0.4, -0.2) is 11.8 Å². The highest BCUT2D eigenvalue weighted by Crippen LogP contribution is 2.36. The fourth-order valence-electron chi connectivity index (χ4n) is 2.22. The standard InChI is InChI=1S/C20H17ClO4/c1-20(2,3)19(23)24-13-8-9-14-16(11-13)25-17(18(14)22)10-12-6-4-5-7-15(12)21/h4-11H,1-3H3. The van der Waals surface area contributed by atoms with E-state index < -0.39 is 5.41 Å². The number of carbonyl (C=O) groups is 2. The minimum Gasteiger partial charge on any atom is -0.452 e. The summed E-state index contributed by atoms with van der Waals surface area (Å²) in [6.07, 6.45) is 1.60. The lowest BCUT2D eigenvalue weighted by Crippen LogP contribution is -2.25. The first-order valence-electron chi connectivity index (χ1n) is 7.81. The van der Waals surface area contributed by atoms with Gasteiger partial charge < -0.3 is 9.47 Å². The molecular weight excluding hydrogens is 340 g/mol. The van der Waals surface area contributed by atoms with E-state index >= 15 is 0 Å². The lowest BCUT2D eigenvalue weighted by Gasteiger charge is -2.16. The van der Waals surface area contributed by atoms with Gasteiger partial charge in [-0.2, -0.15) is 0 Å². The van der Waals surface area contributed by atoms with Crippen molar-refractivity contribution in [2.75, 3.05) is 0 Å². The van der Waals surface area contributed by atoms with E-state index in [0.29, 0.717) is 27.6 Å². The zero-order valence-electron chi connectivity index (χ0n) is 14.1. The van der Waals surface area contributed by atoms with Crippen molar-refractivity contribution in [2.24, 2.45) is 5.41 Å². The average molecular weight is 357 g/mol. The lowest BCUT2D eigenvalue weighted by atomic mass is 9.97. The summed E-state index contributed by atoms with van der Waals surface area (Å²) in [4.78, 5) is 24.4. The molecule has 0 bridgehead atoms. The summed E-state index contributed by atoms with van der Waals surface area (Å²) >= 11 is 6.12. The van der Waals surface area contributed by atoms with Crippen molar-refractivity contribution in [3.63, 3.8) is 0 Å². The third kappa shape index (κ3) is 3.59. The molecule has 5 heteroatoms. The first-order chi connectivity index (χ1) is 11.8. The van der Waals surface area contributed by atoms with E-state index in [1.165, 1.54) is 0 Å². The highest BCUT2D eigenvalue weighted by atomic mass is 35.5. The van der Waals surface area contributed by atoms with Crippen LogP contribution in [0.15, 0.2) is 48.2 Å². The fraction of sp³-hybridized carbons (Fsp3) is 0.200. The number of fused-ring (bicyclic) bond motifs is 1. The minimum absolute atomic E-state index is 0.183. The van der Waals surface area contributed by atoms with Crippen LogP contribution in [0.5, 0.6) is 11.5 Å². The fourth-order valence-corrected chi connectivity index (χ4v) is 2.41. The van der Waals surface area contributed by atoms with Gasteiger partial charge in [-0.3, -0.25) is 9.59 Å². The Kier molecular flexibility index (Phi) is 4.39. The number of ketones is 1. The van der Waals surface area contributed by atoms with E-state index in [1.807, 2.05) is 12.1 Å². The van der Waals surface area contributed by atoms with Gasteiger partial charge in [0.05, 0.1) is 11.0 Å². The molecule has 4 nitrogen and oxygen atoms in total. The number of carbonyl (C=O) groups excluding carboxylic acids is 2. The number of rotatable bonds is 2. The van der Waals surface area contributed by atoms with Crippen molar-refractivity contribution >= 4 is 29.4 Å². The van der Waals surface area contributed by atoms with Crippen molar-refractivity contribution in [1.82, 2.24) is 0 Å². The maximum atomic E-state index is 12.5. The summed E-state index contributed by atoms with van der Waals surface area (Å²) < 4.78 is 11.0. The van der Waals surface area contributed by atoms with Crippen LogP contribution in [0, 0.1) is 5.41 Å². The molecule has 0 aromatic heterocycles. The van der Waals surface area contributed by atoms with Crippen LogP contribution >= 0.6 is 11.6 Å². The zero-order chi connectivity index (χ0) is 18.2. The van der Waals surface area contributed by atoms with Crippen molar-refractivity contribution in [1.29, 1.82) is 0 Å². The molecule has 1 aliphatic heterocycles. The van der Waals surface area contributed by atoms with Crippen LogP contribution in [0.2, 0.25) is 5.02 Å². The molecule has 1 aliphatic rings. The van der Waals surface area contributed by atoms with Gasteiger partial charge in [0.2, 0.25) is 5.78 Å². The Morgan fingerprint density at radius 1 is 1.16 bits per heavy atom. The molecule has 0 radical (unpaired) electrons. The second-order valence-corrected chi connectivity index (χ2v) is 7.17. The molecule has 2 aromatic carbocycles. The summed E-state index contributed by atoms with van der Waals surface area (Å²) in [5.41, 5.74) is 0.499. The molecule has 0 aliphatic carbocycles. The quantitative estimate of drug-likeness (QED) is 0.436. The van der Waals surface area contributed by atoms with Crippen molar-refractivity contribution in [2.45, 2.75) is 20.8 Å². The molecule has 2 aromatic rings. The number of Topliss-reactive ketones (excluding diaryl/α,β-unsaturated/α-hetero) is 1. The van der Waals surface area contributed by atoms with Crippen molar-refractivity contribution < 1.29 is 19.1 Å². The van der Waals surface area contributed by atoms with Crippen molar-refractivity contribution in [3.05, 3.63) is 64.4 Å². The van der Waals surface area contributed by atoms with Gasteiger partial charge in [0.25, 0.3) is 0 Å². The molecule has 1 heterocycles. The Balaban J connectivity index is 1.87. The van der Waals surface area contributed by atoms with Crippen LogP contribution in [0.1, 0.15) is 36.7 Å².